The molecule has 0 aliphatic carbocycles. The highest BCUT2D eigenvalue weighted by molar-refractivity contribution is 5.94. The summed E-state index contributed by atoms with van der Waals surface area (Å²) < 4.78 is 0. The zero-order valence-corrected chi connectivity index (χ0v) is 17.1. The molecule has 1 unspecified atom stereocenters. The van der Waals surface area contributed by atoms with Crippen LogP contribution in [0.1, 0.15) is 41.0 Å². The summed E-state index contributed by atoms with van der Waals surface area (Å²) in [5.41, 5.74) is 3.29. The van der Waals surface area contributed by atoms with Crippen molar-refractivity contribution < 1.29 is 9.59 Å². The number of piperidine rings is 1. The van der Waals surface area contributed by atoms with Crippen molar-refractivity contribution in [3.05, 3.63) is 47.3 Å². The molecule has 2 aromatic rings. The van der Waals surface area contributed by atoms with Crippen molar-refractivity contribution in [2.24, 2.45) is 0 Å². The number of carbonyl (C=O) groups excluding carboxylic acids is 2. The molecule has 1 aromatic heterocycles. The van der Waals surface area contributed by atoms with Crippen molar-refractivity contribution in [1.82, 2.24) is 25.7 Å². The molecule has 1 atom stereocenters. The Morgan fingerprint density at radius 1 is 1.21 bits per heavy atom. The Morgan fingerprint density at radius 2 is 2.03 bits per heavy atom. The summed E-state index contributed by atoms with van der Waals surface area (Å²) in [4.78, 5) is 27.2. The van der Waals surface area contributed by atoms with Gasteiger partial charge in [0, 0.05) is 55.6 Å². The maximum Gasteiger partial charge on any atom is 0.319 e. The van der Waals surface area contributed by atoms with Crippen LogP contribution in [0, 0.1) is 0 Å². The van der Waals surface area contributed by atoms with E-state index in [1.165, 1.54) is 0 Å². The van der Waals surface area contributed by atoms with E-state index in [0.29, 0.717) is 25.3 Å². The molecule has 1 saturated heterocycles. The van der Waals surface area contributed by atoms with E-state index in [9.17, 15) is 9.59 Å². The summed E-state index contributed by atoms with van der Waals surface area (Å²) in [5.74, 6) is -0.0452. The lowest BCUT2D eigenvalue weighted by molar-refractivity contribution is 0.0608. The highest BCUT2D eigenvalue weighted by Crippen LogP contribution is 2.22. The van der Waals surface area contributed by atoms with Crippen molar-refractivity contribution in [1.29, 1.82) is 0 Å². The van der Waals surface area contributed by atoms with E-state index in [1.807, 2.05) is 35.2 Å². The lowest BCUT2D eigenvalue weighted by Gasteiger charge is -2.35. The maximum atomic E-state index is 13.2. The van der Waals surface area contributed by atoms with Gasteiger partial charge in [-0.2, -0.15) is 5.10 Å². The number of para-hydroxylation sites is 1. The lowest BCUT2D eigenvalue weighted by Crippen LogP contribution is -2.50. The van der Waals surface area contributed by atoms with E-state index in [0.717, 1.165) is 49.2 Å². The van der Waals surface area contributed by atoms with Crippen LogP contribution in [-0.2, 0) is 13.0 Å². The van der Waals surface area contributed by atoms with Gasteiger partial charge in [0.15, 0.2) is 5.69 Å². The van der Waals surface area contributed by atoms with Gasteiger partial charge in [-0.3, -0.25) is 9.89 Å². The third-order valence-corrected chi connectivity index (χ3v) is 5.43. The van der Waals surface area contributed by atoms with Gasteiger partial charge in [0.1, 0.15) is 0 Å². The normalized spacial score (nSPS) is 18.3. The first-order valence-electron chi connectivity index (χ1n) is 9.90. The summed E-state index contributed by atoms with van der Waals surface area (Å²) in [6.45, 7) is 2.69. The van der Waals surface area contributed by atoms with Crippen molar-refractivity contribution in [2.45, 2.75) is 38.3 Å². The van der Waals surface area contributed by atoms with Crippen LogP contribution in [0.3, 0.4) is 0 Å². The Morgan fingerprint density at radius 3 is 2.86 bits per heavy atom. The third-order valence-electron chi connectivity index (χ3n) is 5.43. The Kier molecular flexibility index (Phi) is 7.11. The quantitative estimate of drug-likeness (QED) is 0.611. The predicted octanol–water partition coefficient (Wildman–Crippen LogP) is 2.29. The van der Waals surface area contributed by atoms with Gasteiger partial charge in [0.25, 0.3) is 5.91 Å². The molecule has 3 amide bonds. The van der Waals surface area contributed by atoms with Gasteiger partial charge in [0.2, 0.25) is 0 Å². The highest BCUT2D eigenvalue weighted by atomic mass is 35.5. The number of hydrogen-bond donors (Lipinski definition) is 4. The number of benzene rings is 1. The molecule has 29 heavy (non-hydrogen) atoms. The van der Waals surface area contributed by atoms with E-state index in [1.54, 1.807) is 0 Å². The molecule has 0 saturated carbocycles. The molecule has 2 aliphatic heterocycles. The number of urea groups is 1. The van der Waals surface area contributed by atoms with Gasteiger partial charge in [-0.25, -0.2) is 4.79 Å². The predicted molar refractivity (Wildman–Crippen MR) is 113 cm³/mol. The van der Waals surface area contributed by atoms with Crippen LogP contribution in [0.2, 0.25) is 0 Å². The first kappa shape index (κ1) is 21.1. The minimum Gasteiger partial charge on any atom is -0.336 e. The lowest BCUT2D eigenvalue weighted by atomic mass is 10.00. The molecule has 2 aliphatic rings. The molecule has 0 spiro atoms. The standard InChI is InChI=1S/C20H26N6O2.ClH/c27-19(18-16-13-21-10-9-17(16)24-25-18)26-11-5-4-8-15(26)12-22-20(28)23-14-6-2-1-3-7-14;/h1-3,6-7,15,21H,4-5,8-13H2,(H,24,25)(H2,22,23,28);1H. The fourth-order valence-electron chi connectivity index (χ4n) is 3.93. The van der Waals surface area contributed by atoms with Crippen molar-refractivity contribution >= 4 is 30.0 Å². The zero-order valence-electron chi connectivity index (χ0n) is 16.2. The molecule has 4 N–H and O–H groups in total. The summed E-state index contributed by atoms with van der Waals surface area (Å²) in [6.07, 6.45) is 3.77. The molecule has 0 bridgehead atoms. The number of amides is 3. The SMILES string of the molecule is Cl.O=C(NCC1CCCCN1C(=O)c1n[nH]c2c1CNCC2)Nc1ccccc1. The van der Waals surface area contributed by atoms with Crippen LogP contribution in [0.5, 0.6) is 0 Å². The second kappa shape index (κ2) is 9.76. The smallest absolute Gasteiger partial charge is 0.319 e. The van der Waals surface area contributed by atoms with Crippen LogP contribution >= 0.6 is 12.4 Å². The maximum absolute atomic E-state index is 13.2. The third kappa shape index (κ3) is 4.89. The zero-order chi connectivity index (χ0) is 19.3. The van der Waals surface area contributed by atoms with Crippen LogP contribution in [0.25, 0.3) is 0 Å². The number of hydrogen-bond acceptors (Lipinski definition) is 4. The van der Waals surface area contributed by atoms with E-state index in [-0.39, 0.29) is 30.4 Å². The Bertz CT molecular complexity index is 841. The number of likely N-dealkylation sites (tertiary alicyclic amines) is 1. The van der Waals surface area contributed by atoms with Crippen molar-refractivity contribution in [2.75, 3.05) is 25.0 Å². The highest BCUT2D eigenvalue weighted by Gasteiger charge is 2.31. The first-order chi connectivity index (χ1) is 13.7. The molecule has 0 radical (unpaired) electrons. The molecule has 1 aromatic carbocycles. The fraction of sp³-hybridized carbons (Fsp3) is 0.450. The molecular formula is C20H27ClN6O2. The molecule has 1 fully saturated rings. The fourth-order valence-corrected chi connectivity index (χ4v) is 3.93. The number of aromatic nitrogens is 2. The number of fused-ring (bicyclic) bond motifs is 1. The van der Waals surface area contributed by atoms with Crippen LogP contribution < -0.4 is 16.0 Å². The van der Waals surface area contributed by atoms with Crippen LogP contribution in [0.4, 0.5) is 10.5 Å². The van der Waals surface area contributed by atoms with Crippen molar-refractivity contribution in [3.63, 3.8) is 0 Å². The van der Waals surface area contributed by atoms with E-state index in [4.69, 9.17) is 0 Å². The van der Waals surface area contributed by atoms with Crippen LogP contribution in [0.15, 0.2) is 30.3 Å². The van der Waals surface area contributed by atoms with Crippen molar-refractivity contribution in [3.8, 4) is 0 Å². The number of carbonyl (C=O) groups is 2. The molecule has 9 heteroatoms. The van der Waals surface area contributed by atoms with Gasteiger partial charge in [-0.05, 0) is 31.4 Å². The minimum atomic E-state index is -0.259. The van der Waals surface area contributed by atoms with Gasteiger partial charge < -0.3 is 20.9 Å². The van der Waals surface area contributed by atoms with E-state index < -0.39 is 0 Å². The number of nitrogens with one attached hydrogen (secondary N) is 4. The van der Waals surface area contributed by atoms with Gasteiger partial charge in [0.05, 0.1) is 0 Å². The number of halogens is 1. The second-order valence-corrected chi connectivity index (χ2v) is 7.31. The topological polar surface area (TPSA) is 102 Å². The molecule has 3 heterocycles. The minimum absolute atomic E-state index is 0. The Hall–Kier alpha value is -2.58. The van der Waals surface area contributed by atoms with Crippen LogP contribution in [-0.4, -0.2) is 52.7 Å². The molecular weight excluding hydrogens is 392 g/mol. The van der Waals surface area contributed by atoms with Gasteiger partial charge >= 0.3 is 6.03 Å². The molecule has 156 valence electrons. The summed E-state index contributed by atoms with van der Waals surface area (Å²) in [5, 5.41) is 16.4. The average molecular weight is 419 g/mol. The summed E-state index contributed by atoms with van der Waals surface area (Å²) in [6, 6.07) is 9.04. The summed E-state index contributed by atoms with van der Waals surface area (Å²) >= 11 is 0. The second-order valence-electron chi connectivity index (χ2n) is 7.31. The number of rotatable bonds is 4. The monoisotopic (exact) mass is 418 g/mol. The Labute approximate surface area is 176 Å². The van der Waals surface area contributed by atoms with E-state index in [2.05, 4.69) is 26.1 Å². The summed E-state index contributed by atoms with van der Waals surface area (Å²) in [7, 11) is 0. The largest absolute Gasteiger partial charge is 0.336 e. The average Bonchev–Trinajstić information content (AvgIpc) is 3.17. The van der Waals surface area contributed by atoms with E-state index >= 15 is 0 Å². The number of H-pyrrole nitrogens is 1. The van der Waals surface area contributed by atoms with Gasteiger partial charge in [-0.1, -0.05) is 18.2 Å². The first-order valence-corrected chi connectivity index (χ1v) is 9.90. The van der Waals surface area contributed by atoms with Gasteiger partial charge in [-0.15, -0.1) is 12.4 Å². The number of nitrogens with zero attached hydrogens (tertiary/aromatic N) is 2. The number of aromatic amines is 1. The number of anilines is 1. The molecule has 4 rings (SSSR count). The molecule has 8 nitrogen and oxygen atoms in total. The Balaban J connectivity index is 0.00000240.